The molecule has 5 heteroatoms. The Morgan fingerprint density at radius 2 is 2.18 bits per heavy atom. The molecule has 2 bridgehead atoms. The van der Waals surface area contributed by atoms with Crippen LogP contribution in [0.5, 0.6) is 0 Å². The molecule has 1 saturated heterocycles. The molecule has 1 N–H and O–H groups in total. The average Bonchev–Trinajstić information content (AvgIpc) is 2.78. The molecule has 3 nitrogen and oxygen atoms in total. The molecule has 2 saturated carbocycles. The van der Waals surface area contributed by atoms with Crippen molar-refractivity contribution in [1.82, 2.24) is 5.32 Å². The fourth-order valence-electron chi connectivity index (χ4n) is 4.50. The number of fused-ring (bicyclic) bond motifs is 3. The molecule has 3 rings (SSSR count). The molecule has 0 radical (unpaired) electrons. The molecule has 0 aromatic carbocycles. The SMILES string of the molecule is CC1(C)[C@@H]2CC[C@@]1(C)[C@@]1(CNC(=O)O1)[C@H]2[Se]Cl. The van der Waals surface area contributed by atoms with Crippen LogP contribution in [0.15, 0.2) is 0 Å². The molecule has 2 aliphatic carbocycles. The Kier molecular flexibility index (Phi) is 2.38. The summed E-state index contributed by atoms with van der Waals surface area (Å²) < 4.78 is 5.77. The van der Waals surface area contributed by atoms with Crippen molar-refractivity contribution in [2.45, 2.75) is 44.0 Å². The van der Waals surface area contributed by atoms with Crippen molar-refractivity contribution in [2.24, 2.45) is 16.7 Å². The fraction of sp³-hybridized carbons (Fsp3) is 0.917. The number of rotatable bonds is 1. The number of hydrogen-bond donors (Lipinski definition) is 1. The van der Waals surface area contributed by atoms with Crippen LogP contribution in [0.1, 0.15) is 33.6 Å². The molecular weight excluding hydrogens is 305 g/mol. The van der Waals surface area contributed by atoms with Gasteiger partial charge < -0.3 is 0 Å². The van der Waals surface area contributed by atoms with E-state index in [1.807, 2.05) is 0 Å². The molecule has 96 valence electrons. The van der Waals surface area contributed by atoms with E-state index in [9.17, 15) is 4.79 Å². The van der Waals surface area contributed by atoms with E-state index >= 15 is 0 Å². The van der Waals surface area contributed by atoms with E-state index in [4.69, 9.17) is 14.8 Å². The van der Waals surface area contributed by atoms with Crippen LogP contribution >= 0.6 is 10.1 Å². The molecule has 0 aromatic rings. The van der Waals surface area contributed by atoms with Crippen molar-refractivity contribution in [3.63, 3.8) is 0 Å². The number of ether oxygens (including phenoxy) is 1. The second-order valence-corrected chi connectivity index (χ2v) is 8.71. The van der Waals surface area contributed by atoms with E-state index in [0.717, 1.165) is 6.42 Å². The van der Waals surface area contributed by atoms with E-state index in [2.05, 4.69) is 26.1 Å². The van der Waals surface area contributed by atoms with Crippen LogP contribution in [0.25, 0.3) is 0 Å². The van der Waals surface area contributed by atoms with Gasteiger partial charge in [-0.05, 0) is 0 Å². The topological polar surface area (TPSA) is 38.3 Å². The Labute approximate surface area is 112 Å². The van der Waals surface area contributed by atoms with Gasteiger partial charge in [0.2, 0.25) is 0 Å². The number of carbonyl (C=O) groups is 1. The zero-order valence-corrected chi connectivity index (χ0v) is 12.8. The number of amides is 1. The summed E-state index contributed by atoms with van der Waals surface area (Å²) in [6, 6.07) is 0. The summed E-state index contributed by atoms with van der Waals surface area (Å²) in [6.07, 6.45) is 2.10. The third-order valence-corrected chi connectivity index (χ3v) is 8.82. The van der Waals surface area contributed by atoms with E-state index in [1.54, 1.807) is 0 Å². The molecule has 1 amide bonds. The molecule has 1 spiro atoms. The van der Waals surface area contributed by atoms with Gasteiger partial charge in [0.25, 0.3) is 0 Å². The number of hydrogen-bond acceptors (Lipinski definition) is 2. The first-order valence-corrected chi connectivity index (χ1v) is 9.37. The molecule has 3 fully saturated rings. The predicted octanol–water partition coefficient (Wildman–Crippen LogP) is 2.57. The zero-order valence-electron chi connectivity index (χ0n) is 10.4. The Hall–Kier alpha value is 0.0795. The summed E-state index contributed by atoms with van der Waals surface area (Å²) in [4.78, 5) is 11.9. The number of carbonyl (C=O) groups excluding carboxylic acids is 1. The van der Waals surface area contributed by atoms with Gasteiger partial charge in [-0.1, -0.05) is 0 Å². The van der Waals surface area contributed by atoms with Gasteiger partial charge in [-0.15, -0.1) is 0 Å². The van der Waals surface area contributed by atoms with Crippen LogP contribution in [0.3, 0.4) is 0 Å². The molecule has 0 aromatic heterocycles. The minimum atomic E-state index is -0.349. The molecule has 3 aliphatic rings. The number of alkyl carbamates (subject to hydrolysis) is 1. The maximum absolute atomic E-state index is 11.5. The van der Waals surface area contributed by atoms with E-state index in [1.165, 1.54) is 6.42 Å². The molecule has 17 heavy (non-hydrogen) atoms. The first kappa shape index (κ1) is 12.1. The van der Waals surface area contributed by atoms with Crippen LogP contribution in [0.2, 0.25) is 4.82 Å². The summed E-state index contributed by atoms with van der Waals surface area (Å²) in [5.41, 5.74) is -0.0794. The first-order valence-electron chi connectivity index (χ1n) is 6.13. The molecule has 4 atom stereocenters. The second-order valence-electron chi connectivity index (χ2n) is 6.34. The Morgan fingerprint density at radius 3 is 2.71 bits per heavy atom. The quantitative estimate of drug-likeness (QED) is 0.754. The summed E-state index contributed by atoms with van der Waals surface area (Å²) in [7, 11) is 6.25. The minimum absolute atomic E-state index is 0.00637. The number of nitrogens with one attached hydrogen (secondary N) is 1. The van der Waals surface area contributed by atoms with Crippen molar-refractivity contribution in [3.05, 3.63) is 0 Å². The Bertz CT molecular complexity index is 389. The monoisotopic (exact) mass is 323 g/mol. The van der Waals surface area contributed by atoms with Crippen LogP contribution in [-0.2, 0) is 4.74 Å². The van der Waals surface area contributed by atoms with E-state index < -0.39 is 0 Å². The third-order valence-electron chi connectivity index (χ3n) is 5.93. The van der Waals surface area contributed by atoms with Crippen molar-refractivity contribution < 1.29 is 9.53 Å². The fourth-order valence-corrected chi connectivity index (χ4v) is 8.28. The molecule has 1 heterocycles. The van der Waals surface area contributed by atoms with Gasteiger partial charge in [0.1, 0.15) is 0 Å². The number of halogens is 1. The van der Waals surface area contributed by atoms with Gasteiger partial charge >= 0.3 is 112 Å². The molecular formula is C12H18ClNO2Se. The van der Waals surface area contributed by atoms with Crippen LogP contribution < -0.4 is 5.32 Å². The van der Waals surface area contributed by atoms with Crippen LogP contribution in [-0.4, -0.2) is 32.3 Å². The average molecular weight is 323 g/mol. The third kappa shape index (κ3) is 1.13. The maximum atomic E-state index is 11.5. The van der Waals surface area contributed by atoms with Gasteiger partial charge in [-0.3, -0.25) is 0 Å². The van der Waals surface area contributed by atoms with Gasteiger partial charge in [-0.2, -0.15) is 0 Å². The summed E-state index contributed by atoms with van der Waals surface area (Å²) in [5, 5.41) is 2.85. The first-order chi connectivity index (χ1) is 7.89. The van der Waals surface area contributed by atoms with Crippen molar-refractivity contribution >= 4 is 30.2 Å². The van der Waals surface area contributed by atoms with Crippen molar-refractivity contribution in [1.29, 1.82) is 0 Å². The van der Waals surface area contributed by atoms with Gasteiger partial charge in [-0.25, -0.2) is 0 Å². The van der Waals surface area contributed by atoms with Crippen molar-refractivity contribution in [3.8, 4) is 0 Å². The molecule has 0 unspecified atom stereocenters. The Balaban J connectivity index is 2.12. The van der Waals surface area contributed by atoms with Gasteiger partial charge in [0.15, 0.2) is 0 Å². The van der Waals surface area contributed by atoms with Gasteiger partial charge in [0, 0.05) is 0 Å². The van der Waals surface area contributed by atoms with E-state index in [0.29, 0.717) is 17.3 Å². The predicted molar refractivity (Wildman–Crippen MR) is 67.2 cm³/mol. The Morgan fingerprint density at radius 1 is 1.47 bits per heavy atom. The van der Waals surface area contributed by atoms with Crippen LogP contribution in [0.4, 0.5) is 4.79 Å². The second kappa shape index (κ2) is 3.34. The van der Waals surface area contributed by atoms with Gasteiger partial charge in [0.05, 0.1) is 0 Å². The van der Waals surface area contributed by atoms with Crippen LogP contribution in [0, 0.1) is 16.7 Å². The van der Waals surface area contributed by atoms with Crippen molar-refractivity contribution in [2.75, 3.05) is 6.54 Å². The normalized spacial score (nSPS) is 50.7. The standard InChI is InChI=1S/C12H18ClNO2Se/c1-10(2)7-4-5-11(10,3)12(8(7)17-13)6-14-9(15)16-12/h7-8H,4-6H2,1-3H3,(H,14,15)/t7-,8+,11-,12-/m1/s1. The zero-order chi connectivity index (χ0) is 12.5. The molecule has 1 aliphatic heterocycles. The summed E-state index contributed by atoms with van der Waals surface area (Å²) in [6.45, 7) is 7.57. The summed E-state index contributed by atoms with van der Waals surface area (Å²) in [5.74, 6) is 0.595. The van der Waals surface area contributed by atoms with E-state index in [-0.39, 0.29) is 36.6 Å². The summed E-state index contributed by atoms with van der Waals surface area (Å²) >= 11 is 0.00637.